The Morgan fingerprint density at radius 1 is 0.927 bits per heavy atom. The highest BCUT2D eigenvalue weighted by Crippen LogP contribution is 2.31. The normalized spacial score (nSPS) is 17.2. The van der Waals surface area contributed by atoms with Crippen LogP contribution in [-0.4, -0.2) is 67.3 Å². The molecule has 0 saturated carbocycles. The van der Waals surface area contributed by atoms with Gasteiger partial charge in [0.1, 0.15) is 17.4 Å². The van der Waals surface area contributed by atoms with E-state index >= 15 is 0 Å². The van der Waals surface area contributed by atoms with Crippen LogP contribution in [0.5, 0.6) is 5.75 Å². The van der Waals surface area contributed by atoms with Crippen LogP contribution in [0.15, 0.2) is 53.4 Å². The third kappa shape index (κ3) is 8.73. The molecule has 2 aromatic carbocycles. The molecule has 0 spiro atoms. The zero-order valence-corrected chi connectivity index (χ0v) is 22.9. The van der Waals surface area contributed by atoms with Crippen LogP contribution < -0.4 is 10.1 Å². The maximum absolute atomic E-state index is 13.4. The molecule has 1 unspecified atom stereocenters. The summed E-state index contributed by atoms with van der Waals surface area (Å²) in [5.74, 6) is -1.34. The molecule has 2 amide bonds. The van der Waals surface area contributed by atoms with E-state index in [0.29, 0.717) is 17.7 Å². The molecule has 16 heteroatoms. The summed E-state index contributed by atoms with van der Waals surface area (Å²) in [4.78, 5) is 26.5. The summed E-state index contributed by atoms with van der Waals surface area (Å²) < 4.78 is 113. The van der Waals surface area contributed by atoms with E-state index in [1.54, 1.807) is 20.8 Å². The van der Waals surface area contributed by atoms with E-state index in [-0.39, 0.29) is 19.6 Å². The number of sulfonamides is 1. The van der Waals surface area contributed by atoms with E-state index in [2.05, 4.69) is 10.1 Å². The van der Waals surface area contributed by atoms with Crippen molar-refractivity contribution >= 4 is 22.0 Å². The van der Waals surface area contributed by atoms with Crippen molar-refractivity contribution in [2.75, 3.05) is 19.6 Å². The minimum atomic E-state index is -4.89. The number of carbonyl (C=O) groups excluding carboxylic acids is 2. The van der Waals surface area contributed by atoms with Crippen LogP contribution in [0.2, 0.25) is 0 Å². The average Bonchev–Trinajstić information content (AvgIpc) is 2.85. The molecule has 41 heavy (non-hydrogen) atoms. The summed E-state index contributed by atoms with van der Waals surface area (Å²) in [6.07, 6.45) is -10.4. The van der Waals surface area contributed by atoms with Gasteiger partial charge < -0.3 is 19.7 Å². The number of nitrogens with one attached hydrogen (secondary N) is 1. The number of rotatable bonds is 6. The number of benzene rings is 2. The molecule has 0 bridgehead atoms. The minimum Gasteiger partial charge on any atom is -0.444 e. The first-order valence-corrected chi connectivity index (χ1v) is 13.5. The summed E-state index contributed by atoms with van der Waals surface area (Å²) in [6, 6.07) is 5.82. The Bertz CT molecular complexity index is 1340. The SMILES string of the molecule is CC(C)(C)OC(=O)N1CCN(S(=O)(=O)c2ccc(C(F)(F)F)cc2)C(C(=O)NCc2ccc(OC(F)(F)F)cc2)C1. The molecule has 3 rings (SSSR count). The largest absolute Gasteiger partial charge is 0.573 e. The molecule has 2 aromatic rings. The Hall–Kier alpha value is -3.53. The molecule has 1 saturated heterocycles. The number of hydrogen-bond acceptors (Lipinski definition) is 6. The molecule has 1 N–H and O–H groups in total. The zero-order chi connectivity index (χ0) is 30.8. The van der Waals surface area contributed by atoms with Gasteiger partial charge in [-0.05, 0) is 62.7 Å². The number of hydrogen-bond donors (Lipinski definition) is 1. The monoisotopic (exact) mass is 611 g/mol. The maximum Gasteiger partial charge on any atom is 0.573 e. The van der Waals surface area contributed by atoms with Gasteiger partial charge in [0, 0.05) is 26.2 Å². The summed E-state index contributed by atoms with van der Waals surface area (Å²) >= 11 is 0. The van der Waals surface area contributed by atoms with Gasteiger partial charge in [0.05, 0.1) is 10.5 Å². The summed E-state index contributed by atoms with van der Waals surface area (Å²) in [7, 11) is -4.51. The van der Waals surface area contributed by atoms with Crippen molar-refractivity contribution in [3.63, 3.8) is 0 Å². The highest BCUT2D eigenvalue weighted by Gasteiger charge is 2.42. The van der Waals surface area contributed by atoms with Gasteiger partial charge >= 0.3 is 18.6 Å². The molecule has 1 atom stereocenters. The highest BCUT2D eigenvalue weighted by molar-refractivity contribution is 7.89. The quantitative estimate of drug-likeness (QED) is 0.482. The summed E-state index contributed by atoms with van der Waals surface area (Å²) in [5, 5.41) is 2.49. The maximum atomic E-state index is 13.4. The van der Waals surface area contributed by atoms with Crippen molar-refractivity contribution in [1.29, 1.82) is 0 Å². The van der Waals surface area contributed by atoms with Crippen molar-refractivity contribution in [1.82, 2.24) is 14.5 Å². The Balaban J connectivity index is 1.83. The van der Waals surface area contributed by atoms with E-state index in [1.165, 1.54) is 12.1 Å². The van der Waals surface area contributed by atoms with Gasteiger partial charge in [-0.15, -0.1) is 13.2 Å². The van der Waals surface area contributed by atoms with Crippen LogP contribution in [-0.2, 0) is 32.3 Å². The fourth-order valence-electron chi connectivity index (χ4n) is 3.83. The van der Waals surface area contributed by atoms with Crippen molar-refractivity contribution < 1.29 is 53.8 Å². The van der Waals surface area contributed by atoms with E-state index in [0.717, 1.165) is 33.5 Å². The van der Waals surface area contributed by atoms with Gasteiger partial charge in [-0.3, -0.25) is 4.79 Å². The van der Waals surface area contributed by atoms with Crippen LogP contribution >= 0.6 is 0 Å². The molecular weight excluding hydrogens is 584 g/mol. The van der Waals surface area contributed by atoms with Crippen molar-refractivity contribution in [3.8, 4) is 5.75 Å². The Morgan fingerprint density at radius 3 is 2.02 bits per heavy atom. The number of alkyl halides is 6. The molecule has 0 radical (unpaired) electrons. The molecular formula is C25H27F6N3O6S. The predicted molar refractivity (Wildman–Crippen MR) is 132 cm³/mol. The molecule has 0 aromatic heterocycles. The van der Waals surface area contributed by atoms with Crippen LogP contribution in [0, 0.1) is 0 Å². The number of piperazine rings is 1. The first kappa shape index (κ1) is 32.0. The van der Waals surface area contributed by atoms with Gasteiger partial charge in [0.15, 0.2) is 0 Å². The highest BCUT2D eigenvalue weighted by atomic mass is 32.2. The molecule has 1 fully saturated rings. The summed E-state index contributed by atoms with van der Waals surface area (Å²) in [5.41, 5.74) is -1.60. The number of amides is 2. The van der Waals surface area contributed by atoms with Gasteiger partial charge in [-0.1, -0.05) is 12.1 Å². The molecule has 1 aliphatic rings. The third-order valence-corrected chi connectivity index (χ3v) is 7.62. The van der Waals surface area contributed by atoms with E-state index in [9.17, 15) is 44.3 Å². The topological polar surface area (TPSA) is 105 Å². The fourth-order valence-corrected chi connectivity index (χ4v) is 5.40. The lowest BCUT2D eigenvalue weighted by Crippen LogP contribution is -2.61. The van der Waals surface area contributed by atoms with Gasteiger partial charge in [-0.2, -0.15) is 17.5 Å². The molecule has 226 valence electrons. The molecule has 0 aliphatic carbocycles. The predicted octanol–water partition coefficient (Wildman–Crippen LogP) is 4.53. The average molecular weight is 612 g/mol. The first-order valence-electron chi connectivity index (χ1n) is 12.1. The lowest BCUT2D eigenvalue weighted by Gasteiger charge is -2.39. The van der Waals surface area contributed by atoms with E-state index in [4.69, 9.17) is 4.74 Å². The van der Waals surface area contributed by atoms with Crippen molar-refractivity contribution in [2.45, 2.75) is 56.4 Å². The van der Waals surface area contributed by atoms with Crippen LogP contribution in [0.4, 0.5) is 31.1 Å². The molecule has 9 nitrogen and oxygen atoms in total. The van der Waals surface area contributed by atoms with Crippen LogP contribution in [0.25, 0.3) is 0 Å². The lowest BCUT2D eigenvalue weighted by molar-refractivity contribution is -0.274. The Kier molecular flexibility index (Phi) is 9.17. The fraction of sp³-hybridized carbons (Fsp3) is 0.440. The number of carbonyl (C=O) groups is 2. The number of halogens is 6. The minimum absolute atomic E-state index is 0.167. The molecule has 1 heterocycles. The van der Waals surface area contributed by atoms with Crippen molar-refractivity contribution in [3.05, 3.63) is 59.7 Å². The van der Waals surface area contributed by atoms with Gasteiger partial charge in [-0.25, -0.2) is 13.2 Å². The zero-order valence-electron chi connectivity index (χ0n) is 22.0. The second-order valence-corrected chi connectivity index (χ2v) is 11.9. The van der Waals surface area contributed by atoms with Crippen LogP contribution in [0.1, 0.15) is 31.9 Å². The number of nitrogens with zero attached hydrogens (tertiary/aromatic N) is 2. The van der Waals surface area contributed by atoms with Gasteiger partial charge in [0.25, 0.3) is 0 Å². The summed E-state index contributed by atoms with van der Waals surface area (Å²) in [6.45, 7) is 3.66. The molecule has 1 aliphatic heterocycles. The Morgan fingerprint density at radius 2 is 1.51 bits per heavy atom. The third-order valence-electron chi connectivity index (χ3n) is 5.70. The van der Waals surface area contributed by atoms with E-state index < -0.39 is 69.0 Å². The van der Waals surface area contributed by atoms with E-state index in [1.807, 2.05) is 0 Å². The second-order valence-electron chi connectivity index (χ2n) is 9.99. The lowest BCUT2D eigenvalue weighted by atomic mass is 10.1. The number of ether oxygens (including phenoxy) is 2. The van der Waals surface area contributed by atoms with Crippen molar-refractivity contribution in [2.24, 2.45) is 0 Å². The standard InChI is InChI=1S/C25H27F6N3O6S/c1-23(2,3)40-22(36)33-12-13-34(41(37,38)19-10-6-17(7-11-19)24(26,27)28)20(15-33)21(35)32-14-16-4-8-18(9-5-16)39-25(29,30)31/h4-11,20H,12-15H2,1-3H3,(H,32,35). The second kappa shape index (κ2) is 11.8. The first-order chi connectivity index (χ1) is 18.8. The smallest absolute Gasteiger partial charge is 0.444 e. The van der Waals surface area contributed by atoms with Crippen LogP contribution in [0.3, 0.4) is 0 Å². The van der Waals surface area contributed by atoms with Gasteiger partial charge in [0.2, 0.25) is 15.9 Å². The Labute approximate surface area is 232 Å².